The number of carbonyl (C=O) groups excluding carboxylic acids is 2. The first-order chi connectivity index (χ1) is 12.0. The van der Waals surface area contributed by atoms with Gasteiger partial charge in [-0.15, -0.1) is 0 Å². The van der Waals surface area contributed by atoms with Gasteiger partial charge in [-0.3, -0.25) is 9.59 Å². The van der Waals surface area contributed by atoms with Crippen LogP contribution in [0.25, 0.3) is 0 Å². The number of ether oxygens (including phenoxy) is 2. The lowest BCUT2D eigenvalue weighted by Crippen LogP contribution is -2.52. The number of carbonyl (C=O) groups is 2. The maximum atomic E-state index is 12.8. The van der Waals surface area contributed by atoms with E-state index in [1.165, 1.54) is 0 Å². The van der Waals surface area contributed by atoms with Gasteiger partial charge in [-0.2, -0.15) is 0 Å². The molecule has 1 N–H and O–H groups in total. The predicted octanol–water partition coefficient (Wildman–Crippen LogP) is 2.09. The number of morpholine rings is 1. The van der Waals surface area contributed by atoms with Crippen LogP contribution in [0, 0.1) is 5.92 Å². The van der Waals surface area contributed by atoms with E-state index in [0.29, 0.717) is 50.8 Å². The zero-order valence-corrected chi connectivity index (χ0v) is 15.3. The van der Waals surface area contributed by atoms with Gasteiger partial charge in [0.25, 0.3) is 5.91 Å². The Labute approximate surface area is 149 Å². The van der Waals surface area contributed by atoms with Crippen LogP contribution in [0.2, 0.25) is 0 Å². The minimum absolute atomic E-state index is 0.0312. The van der Waals surface area contributed by atoms with Crippen molar-refractivity contribution in [3.8, 4) is 5.75 Å². The molecule has 0 unspecified atom stereocenters. The van der Waals surface area contributed by atoms with Crippen molar-refractivity contribution in [3.05, 3.63) is 29.8 Å². The van der Waals surface area contributed by atoms with Crippen molar-refractivity contribution in [3.63, 3.8) is 0 Å². The second-order valence-electron chi connectivity index (χ2n) is 6.55. The van der Waals surface area contributed by atoms with Crippen molar-refractivity contribution >= 4 is 11.8 Å². The molecule has 1 heterocycles. The van der Waals surface area contributed by atoms with Gasteiger partial charge in [-0.25, -0.2) is 0 Å². The Balaban J connectivity index is 2.04. The van der Waals surface area contributed by atoms with Gasteiger partial charge in [0, 0.05) is 18.7 Å². The normalized spacial score (nSPS) is 15.8. The highest BCUT2D eigenvalue weighted by Crippen LogP contribution is 2.14. The lowest BCUT2D eigenvalue weighted by atomic mass is 10.0. The Morgan fingerprint density at radius 1 is 1.20 bits per heavy atom. The average molecular weight is 348 g/mol. The van der Waals surface area contributed by atoms with Crippen molar-refractivity contribution in [2.45, 2.75) is 33.2 Å². The first-order valence-corrected chi connectivity index (χ1v) is 8.91. The molecule has 1 fully saturated rings. The smallest absolute Gasteiger partial charge is 0.251 e. The zero-order chi connectivity index (χ0) is 18.2. The second kappa shape index (κ2) is 9.42. The van der Waals surface area contributed by atoms with Crippen LogP contribution in [0.5, 0.6) is 5.75 Å². The maximum absolute atomic E-state index is 12.8. The molecule has 2 amide bonds. The van der Waals surface area contributed by atoms with Gasteiger partial charge in [0.05, 0.1) is 19.8 Å². The molecule has 1 aromatic carbocycles. The van der Waals surface area contributed by atoms with E-state index >= 15 is 0 Å². The molecule has 1 aromatic rings. The summed E-state index contributed by atoms with van der Waals surface area (Å²) in [6.07, 6.45) is 0.610. The molecule has 6 nitrogen and oxygen atoms in total. The lowest BCUT2D eigenvalue weighted by Gasteiger charge is -2.31. The van der Waals surface area contributed by atoms with E-state index in [-0.39, 0.29) is 11.8 Å². The van der Waals surface area contributed by atoms with E-state index in [0.717, 1.165) is 5.75 Å². The third-order valence-electron chi connectivity index (χ3n) is 4.06. The topological polar surface area (TPSA) is 67.9 Å². The minimum Gasteiger partial charge on any atom is -0.494 e. The number of benzene rings is 1. The third-order valence-corrected chi connectivity index (χ3v) is 4.06. The number of hydrogen-bond acceptors (Lipinski definition) is 4. The second-order valence-corrected chi connectivity index (χ2v) is 6.55. The molecule has 0 aliphatic carbocycles. The van der Waals surface area contributed by atoms with E-state index in [2.05, 4.69) is 5.32 Å². The van der Waals surface area contributed by atoms with Gasteiger partial charge in [0.2, 0.25) is 5.91 Å². The Bertz CT molecular complexity index is 565. The minimum atomic E-state index is -0.517. The fraction of sp³-hybridized carbons (Fsp3) is 0.579. The van der Waals surface area contributed by atoms with Crippen molar-refractivity contribution in [1.82, 2.24) is 10.2 Å². The van der Waals surface area contributed by atoms with Crippen LogP contribution in [0.15, 0.2) is 24.3 Å². The summed E-state index contributed by atoms with van der Waals surface area (Å²) in [6, 6.07) is 6.44. The molecular formula is C19H28N2O4. The first kappa shape index (κ1) is 19.2. The van der Waals surface area contributed by atoms with Crippen molar-refractivity contribution < 1.29 is 19.1 Å². The Morgan fingerprint density at radius 3 is 2.40 bits per heavy atom. The quantitative estimate of drug-likeness (QED) is 0.819. The summed E-state index contributed by atoms with van der Waals surface area (Å²) in [7, 11) is 0. The van der Waals surface area contributed by atoms with Crippen LogP contribution in [-0.2, 0) is 9.53 Å². The molecule has 25 heavy (non-hydrogen) atoms. The van der Waals surface area contributed by atoms with Crippen LogP contribution in [0.1, 0.15) is 37.6 Å². The fourth-order valence-corrected chi connectivity index (χ4v) is 2.81. The SMILES string of the molecule is CCOc1ccc(C(=O)N[C@@H](CC(C)C)C(=O)N2CCOCC2)cc1. The van der Waals surface area contributed by atoms with Crippen LogP contribution in [0.3, 0.4) is 0 Å². The van der Waals surface area contributed by atoms with Gasteiger partial charge >= 0.3 is 0 Å². The maximum Gasteiger partial charge on any atom is 0.251 e. The first-order valence-electron chi connectivity index (χ1n) is 8.91. The third kappa shape index (κ3) is 5.74. The monoisotopic (exact) mass is 348 g/mol. The molecule has 0 spiro atoms. The summed E-state index contributed by atoms with van der Waals surface area (Å²) in [5.74, 6) is 0.754. The molecule has 1 saturated heterocycles. The van der Waals surface area contributed by atoms with Gasteiger partial charge < -0.3 is 19.7 Å². The van der Waals surface area contributed by atoms with Crippen LogP contribution in [0.4, 0.5) is 0 Å². The molecule has 6 heteroatoms. The number of nitrogens with one attached hydrogen (secondary N) is 1. The summed E-state index contributed by atoms with van der Waals surface area (Å²) >= 11 is 0. The number of nitrogens with zero attached hydrogens (tertiary/aromatic N) is 1. The van der Waals surface area contributed by atoms with Crippen molar-refractivity contribution in [2.75, 3.05) is 32.9 Å². The van der Waals surface area contributed by atoms with Gasteiger partial charge in [-0.1, -0.05) is 13.8 Å². The molecule has 0 saturated carbocycles. The van der Waals surface area contributed by atoms with Gasteiger partial charge in [0.15, 0.2) is 0 Å². The molecule has 1 aliphatic rings. The van der Waals surface area contributed by atoms with Crippen LogP contribution < -0.4 is 10.1 Å². The number of rotatable bonds is 7. The fourth-order valence-electron chi connectivity index (χ4n) is 2.81. The van der Waals surface area contributed by atoms with E-state index in [9.17, 15) is 9.59 Å². The standard InChI is InChI=1S/C19H28N2O4/c1-4-25-16-7-5-15(6-8-16)18(22)20-17(13-14(2)3)19(23)21-9-11-24-12-10-21/h5-8,14,17H,4,9-13H2,1-3H3,(H,20,22)/t17-/m0/s1. The summed E-state index contributed by atoms with van der Waals surface area (Å²) in [4.78, 5) is 27.1. The van der Waals surface area contributed by atoms with Crippen molar-refractivity contribution in [2.24, 2.45) is 5.92 Å². The molecule has 1 atom stereocenters. The summed E-state index contributed by atoms with van der Waals surface area (Å²) in [6.45, 7) is 8.83. The Kier molecular flexibility index (Phi) is 7.25. The summed E-state index contributed by atoms with van der Waals surface area (Å²) < 4.78 is 10.7. The molecule has 0 aromatic heterocycles. The highest BCUT2D eigenvalue weighted by Gasteiger charge is 2.28. The molecule has 2 rings (SSSR count). The predicted molar refractivity (Wildman–Crippen MR) is 95.7 cm³/mol. The summed E-state index contributed by atoms with van der Waals surface area (Å²) in [5, 5.41) is 2.90. The Hall–Kier alpha value is -2.08. The van der Waals surface area contributed by atoms with Crippen molar-refractivity contribution in [1.29, 1.82) is 0 Å². The highest BCUT2D eigenvalue weighted by atomic mass is 16.5. The lowest BCUT2D eigenvalue weighted by molar-refractivity contribution is -0.137. The van der Waals surface area contributed by atoms with E-state index in [4.69, 9.17) is 9.47 Å². The molecule has 1 aliphatic heterocycles. The summed E-state index contributed by atoms with van der Waals surface area (Å²) in [5.41, 5.74) is 0.520. The number of hydrogen-bond donors (Lipinski definition) is 1. The largest absolute Gasteiger partial charge is 0.494 e. The molecule has 138 valence electrons. The number of amides is 2. The molecule has 0 radical (unpaired) electrons. The molecule has 0 bridgehead atoms. The van der Waals surface area contributed by atoms with Crippen LogP contribution in [-0.4, -0.2) is 55.7 Å². The molecular weight excluding hydrogens is 320 g/mol. The van der Waals surface area contributed by atoms with E-state index in [1.807, 2.05) is 20.8 Å². The van der Waals surface area contributed by atoms with E-state index in [1.54, 1.807) is 29.2 Å². The van der Waals surface area contributed by atoms with Gasteiger partial charge in [-0.05, 0) is 43.5 Å². The van der Waals surface area contributed by atoms with E-state index < -0.39 is 6.04 Å². The average Bonchev–Trinajstić information content (AvgIpc) is 2.61. The zero-order valence-electron chi connectivity index (χ0n) is 15.3. The van der Waals surface area contributed by atoms with Crippen LogP contribution >= 0.6 is 0 Å². The van der Waals surface area contributed by atoms with Gasteiger partial charge in [0.1, 0.15) is 11.8 Å². The Morgan fingerprint density at radius 2 is 1.84 bits per heavy atom. The highest BCUT2D eigenvalue weighted by molar-refractivity contribution is 5.97.